The molecule has 0 aliphatic carbocycles. The molecule has 2 heterocycles. The molecule has 8 aromatic carbocycles. The number of rotatable bonds is 6. The summed E-state index contributed by atoms with van der Waals surface area (Å²) in [4.78, 5) is 2.33. The van der Waals surface area contributed by atoms with Crippen molar-refractivity contribution in [3.05, 3.63) is 194 Å². The highest BCUT2D eigenvalue weighted by molar-refractivity contribution is 6.18. The zero-order valence-corrected chi connectivity index (χ0v) is 27.8. The van der Waals surface area contributed by atoms with Crippen molar-refractivity contribution in [3.8, 4) is 27.9 Å². The Hall–Kier alpha value is -6.84. The van der Waals surface area contributed by atoms with Crippen LogP contribution in [-0.4, -0.2) is 4.57 Å². The number of nitrogens with zero attached hydrogens (tertiary/aromatic N) is 2. The Morgan fingerprint density at radius 3 is 1.84 bits per heavy atom. The van der Waals surface area contributed by atoms with E-state index in [2.05, 4.69) is 204 Å². The highest BCUT2D eigenvalue weighted by Crippen LogP contribution is 2.43. The highest BCUT2D eigenvalue weighted by Gasteiger charge is 2.22. The second kappa shape index (κ2) is 11.9. The maximum Gasteiger partial charge on any atom is 0.161 e. The largest absolute Gasteiger partial charge is 0.453 e. The molecule has 0 unspecified atom stereocenters. The average molecular weight is 653 g/mol. The third kappa shape index (κ3) is 4.82. The van der Waals surface area contributed by atoms with Gasteiger partial charge in [0.25, 0.3) is 0 Å². The molecule has 10 rings (SSSR count). The Kier molecular flexibility index (Phi) is 6.81. The zero-order valence-electron chi connectivity index (χ0n) is 27.8. The number of hydrogen-bond acceptors (Lipinski definition) is 2. The van der Waals surface area contributed by atoms with Crippen LogP contribution in [0.3, 0.4) is 0 Å². The van der Waals surface area contributed by atoms with Crippen molar-refractivity contribution in [1.29, 1.82) is 0 Å². The lowest BCUT2D eigenvalue weighted by Gasteiger charge is -2.26. The van der Waals surface area contributed by atoms with Gasteiger partial charge in [-0.25, -0.2) is 0 Å². The van der Waals surface area contributed by atoms with Crippen LogP contribution < -0.4 is 4.90 Å². The summed E-state index contributed by atoms with van der Waals surface area (Å²) in [6.07, 6.45) is 0. The van der Waals surface area contributed by atoms with Crippen LogP contribution in [0.1, 0.15) is 0 Å². The van der Waals surface area contributed by atoms with Crippen molar-refractivity contribution in [1.82, 2.24) is 4.57 Å². The monoisotopic (exact) mass is 652 g/mol. The quantitative estimate of drug-likeness (QED) is 0.178. The Morgan fingerprint density at radius 2 is 1.00 bits per heavy atom. The maximum atomic E-state index is 6.87. The Morgan fingerprint density at radius 1 is 0.392 bits per heavy atom. The molecule has 0 atom stereocenters. The van der Waals surface area contributed by atoms with Crippen molar-refractivity contribution in [2.45, 2.75) is 0 Å². The number of benzene rings is 8. The molecule has 0 saturated heterocycles. The molecule has 0 radical (unpaired) electrons. The normalized spacial score (nSPS) is 11.5. The predicted octanol–water partition coefficient (Wildman–Crippen LogP) is 13.5. The van der Waals surface area contributed by atoms with E-state index in [1.54, 1.807) is 0 Å². The summed E-state index contributed by atoms with van der Waals surface area (Å²) in [7, 11) is 0. The van der Waals surface area contributed by atoms with Crippen molar-refractivity contribution in [3.63, 3.8) is 0 Å². The first-order chi connectivity index (χ1) is 25.3. The van der Waals surface area contributed by atoms with E-state index in [0.717, 1.165) is 66.8 Å². The molecule has 0 saturated carbocycles. The molecule has 0 fully saturated rings. The molecule has 0 spiro atoms. The molecule has 3 heteroatoms. The molecule has 2 aromatic heterocycles. The molecule has 0 bridgehead atoms. The Bertz CT molecular complexity index is 2840. The summed E-state index contributed by atoms with van der Waals surface area (Å²) in [6, 6.07) is 68.9. The van der Waals surface area contributed by atoms with Gasteiger partial charge in [-0.2, -0.15) is 0 Å². The number of furan rings is 1. The minimum absolute atomic E-state index is 0.890. The topological polar surface area (TPSA) is 21.3 Å². The molecule has 0 aliphatic heterocycles. The van der Waals surface area contributed by atoms with Crippen molar-refractivity contribution in [2.24, 2.45) is 0 Å². The minimum atomic E-state index is 0.890. The van der Waals surface area contributed by atoms with Crippen molar-refractivity contribution in [2.75, 3.05) is 4.90 Å². The summed E-state index contributed by atoms with van der Waals surface area (Å²) in [5, 5.41) is 4.70. The first-order valence-electron chi connectivity index (χ1n) is 17.4. The molecule has 0 aliphatic rings. The molecule has 0 N–H and O–H groups in total. The average Bonchev–Trinajstić information content (AvgIpc) is 3.74. The fourth-order valence-corrected chi connectivity index (χ4v) is 7.67. The van der Waals surface area contributed by atoms with E-state index in [9.17, 15) is 0 Å². The van der Waals surface area contributed by atoms with E-state index < -0.39 is 0 Å². The Balaban J connectivity index is 1.11. The van der Waals surface area contributed by atoms with Gasteiger partial charge in [0.05, 0.1) is 5.52 Å². The SMILES string of the molecule is c1ccc(N(c2ccc(-c3cccc4ccccc34)cc2)c2cccc(-c3cccc4c3oc3c5ccccc5n(-c5ccccc5)c43)c2)cc1. The molecule has 10 aromatic rings. The molecule has 0 amide bonds. The van der Waals surface area contributed by atoms with Crippen molar-refractivity contribution >= 4 is 60.8 Å². The number of para-hydroxylation sites is 4. The van der Waals surface area contributed by atoms with Gasteiger partial charge in [0.1, 0.15) is 11.1 Å². The fraction of sp³-hybridized carbons (Fsp3) is 0. The van der Waals surface area contributed by atoms with Gasteiger partial charge in [-0.15, -0.1) is 0 Å². The number of fused-ring (bicyclic) bond motifs is 6. The van der Waals surface area contributed by atoms with E-state index in [0.29, 0.717) is 0 Å². The van der Waals surface area contributed by atoms with Crippen LogP contribution in [0.5, 0.6) is 0 Å². The minimum Gasteiger partial charge on any atom is -0.453 e. The highest BCUT2D eigenvalue weighted by atomic mass is 16.3. The molecular formula is C48H32N2O. The molecule has 240 valence electrons. The first-order valence-corrected chi connectivity index (χ1v) is 17.4. The van der Waals surface area contributed by atoms with Crippen LogP contribution in [0.25, 0.3) is 71.7 Å². The lowest BCUT2D eigenvalue weighted by atomic mass is 9.98. The summed E-state index contributed by atoms with van der Waals surface area (Å²) in [5.74, 6) is 0. The van der Waals surface area contributed by atoms with Crippen LogP contribution in [0, 0.1) is 0 Å². The van der Waals surface area contributed by atoms with E-state index in [4.69, 9.17) is 4.42 Å². The Labute approximate surface area is 295 Å². The lowest BCUT2D eigenvalue weighted by molar-refractivity contribution is 0.674. The van der Waals surface area contributed by atoms with Gasteiger partial charge in [0, 0.05) is 39.1 Å². The first kappa shape index (κ1) is 29.1. The van der Waals surface area contributed by atoms with Gasteiger partial charge in [-0.3, -0.25) is 0 Å². The van der Waals surface area contributed by atoms with Crippen LogP contribution in [0.2, 0.25) is 0 Å². The third-order valence-electron chi connectivity index (χ3n) is 9.97. The van der Waals surface area contributed by atoms with Crippen LogP contribution in [0.15, 0.2) is 199 Å². The number of aromatic nitrogens is 1. The molecule has 3 nitrogen and oxygen atoms in total. The third-order valence-corrected chi connectivity index (χ3v) is 9.97. The molecular weight excluding hydrogens is 621 g/mol. The second-order valence-corrected chi connectivity index (χ2v) is 12.9. The van der Waals surface area contributed by atoms with Gasteiger partial charge < -0.3 is 13.9 Å². The van der Waals surface area contributed by atoms with Crippen LogP contribution in [-0.2, 0) is 0 Å². The zero-order chi connectivity index (χ0) is 33.7. The number of hydrogen-bond donors (Lipinski definition) is 0. The van der Waals surface area contributed by atoms with Crippen LogP contribution in [0.4, 0.5) is 17.1 Å². The van der Waals surface area contributed by atoms with Gasteiger partial charge in [0.15, 0.2) is 5.58 Å². The van der Waals surface area contributed by atoms with E-state index in [1.807, 2.05) is 0 Å². The van der Waals surface area contributed by atoms with E-state index in [1.165, 1.54) is 21.9 Å². The van der Waals surface area contributed by atoms with Gasteiger partial charge in [-0.1, -0.05) is 127 Å². The second-order valence-electron chi connectivity index (χ2n) is 12.9. The summed E-state index contributed by atoms with van der Waals surface area (Å²) in [5.41, 5.74) is 13.0. The molecule has 51 heavy (non-hydrogen) atoms. The fourth-order valence-electron chi connectivity index (χ4n) is 7.67. The summed E-state index contributed by atoms with van der Waals surface area (Å²) in [6.45, 7) is 0. The van der Waals surface area contributed by atoms with Crippen molar-refractivity contribution < 1.29 is 4.42 Å². The van der Waals surface area contributed by atoms with Gasteiger partial charge in [0.2, 0.25) is 0 Å². The van der Waals surface area contributed by atoms with Gasteiger partial charge in [-0.05, 0) is 94.2 Å². The van der Waals surface area contributed by atoms with E-state index in [-0.39, 0.29) is 0 Å². The maximum absolute atomic E-state index is 6.87. The summed E-state index contributed by atoms with van der Waals surface area (Å²) >= 11 is 0. The van der Waals surface area contributed by atoms with Crippen LogP contribution >= 0.6 is 0 Å². The predicted molar refractivity (Wildman–Crippen MR) is 214 cm³/mol. The number of anilines is 3. The van der Waals surface area contributed by atoms with E-state index >= 15 is 0 Å². The smallest absolute Gasteiger partial charge is 0.161 e. The summed E-state index contributed by atoms with van der Waals surface area (Å²) < 4.78 is 9.20. The van der Waals surface area contributed by atoms with Gasteiger partial charge >= 0.3 is 0 Å². The lowest BCUT2D eigenvalue weighted by Crippen LogP contribution is -2.09. The standard InChI is InChI=1S/C48H32N2O/c1-3-17-36(18-4-1)49(38-30-28-34(29-31-38)41-24-12-15-33-14-7-8-22-40(33)41)39-21-11-16-35(32-39)42-25-13-26-44-46-48(51-47(42)44)43-23-9-10-27-45(43)50(46)37-19-5-2-6-20-37/h1-32H.